The standard InChI is InChI=1S/C12H11N3O3S/c16-8-2-4-10-3-1-5-11(9-10)15-19(17,18)12-6-7-13-14-12/h1,3,5-7,9,15-16H,8H2,(H,13,14). The Bertz CT molecular complexity index is 712. The number of hydrogen-bond donors (Lipinski definition) is 3. The van der Waals surface area contributed by atoms with Crippen LogP contribution in [0.5, 0.6) is 0 Å². The summed E-state index contributed by atoms with van der Waals surface area (Å²) in [6.07, 6.45) is 1.36. The number of anilines is 1. The van der Waals surface area contributed by atoms with Gasteiger partial charge in [0.1, 0.15) is 6.61 Å². The molecule has 2 aromatic rings. The third-order valence-corrected chi connectivity index (χ3v) is 3.50. The lowest BCUT2D eigenvalue weighted by Crippen LogP contribution is -2.13. The molecule has 0 unspecified atom stereocenters. The van der Waals surface area contributed by atoms with Crippen LogP contribution in [0.2, 0.25) is 0 Å². The molecule has 0 spiro atoms. The van der Waals surface area contributed by atoms with Gasteiger partial charge in [0, 0.05) is 5.56 Å². The molecule has 19 heavy (non-hydrogen) atoms. The minimum absolute atomic E-state index is 0.0145. The Kier molecular flexibility index (Phi) is 3.85. The largest absolute Gasteiger partial charge is 0.384 e. The Morgan fingerprint density at radius 2 is 2.21 bits per heavy atom. The molecule has 0 saturated carbocycles. The number of nitrogens with zero attached hydrogens (tertiary/aromatic N) is 1. The minimum Gasteiger partial charge on any atom is -0.384 e. The number of nitrogens with one attached hydrogen (secondary N) is 2. The number of aromatic amines is 1. The number of rotatable bonds is 3. The molecular formula is C12H11N3O3S. The number of H-pyrrole nitrogens is 1. The summed E-state index contributed by atoms with van der Waals surface area (Å²) in [4.78, 5) is 0. The molecule has 6 nitrogen and oxygen atoms in total. The first-order valence-electron chi connectivity index (χ1n) is 5.34. The van der Waals surface area contributed by atoms with Crippen molar-refractivity contribution < 1.29 is 13.5 Å². The van der Waals surface area contributed by atoms with Crippen molar-refractivity contribution in [3.8, 4) is 11.8 Å². The van der Waals surface area contributed by atoms with Crippen LogP contribution in [0.3, 0.4) is 0 Å². The van der Waals surface area contributed by atoms with Gasteiger partial charge in [-0.1, -0.05) is 17.9 Å². The predicted molar refractivity (Wildman–Crippen MR) is 69.8 cm³/mol. The van der Waals surface area contributed by atoms with Crippen molar-refractivity contribution in [3.63, 3.8) is 0 Å². The van der Waals surface area contributed by atoms with Crippen molar-refractivity contribution in [3.05, 3.63) is 42.1 Å². The van der Waals surface area contributed by atoms with Gasteiger partial charge in [0.2, 0.25) is 0 Å². The zero-order valence-corrected chi connectivity index (χ0v) is 10.6. The van der Waals surface area contributed by atoms with E-state index >= 15 is 0 Å². The molecule has 3 N–H and O–H groups in total. The summed E-state index contributed by atoms with van der Waals surface area (Å²) in [6, 6.07) is 7.94. The monoisotopic (exact) mass is 277 g/mol. The maximum absolute atomic E-state index is 11.9. The Labute approximate surface area is 110 Å². The lowest BCUT2D eigenvalue weighted by atomic mass is 10.2. The highest BCUT2D eigenvalue weighted by Crippen LogP contribution is 2.15. The normalized spacial score (nSPS) is 10.6. The van der Waals surface area contributed by atoms with Crippen molar-refractivity contribution >= 4 is 15.7 Å². The molecule has 0 saturated heterocycles. The van der Waals surface area contributed by atoms with Crippen LogP contribution in [0.4, 0.5) is 5.69 Å². The van der Waals surface area contributed by atoms with Crippen LogP contribution in [-0.4, -0.2) is 30.3 Å². The maximum Gasteiger partial charge on any atom is 0.278 e. The highest BCUT2D eigenvalue weighted by molar-refractivity contribution is 7.92. The van der Waals surface area contributed by atoms with E-state index in [0.29, 0.717) is 11.3 Å². The summed E-state index contributed by atoms with van der Waals surface area (Å²) in [5.41, 5.74) is 0.998. The fourth-order valence-electron chi connectivity index (χ4n) is 1.40. The van der Waals surface area contributed by atoms with Gasteiger partial charge in [0.05, 0.1) is 11.9 Å². The van der Waals surface area contributed by atoms with Gasteiger partial charge in [-0.05, 0) is 24.3 Å². The van der Waals surface area contributed by atoms with Crippen LogP contribution in [0.25, 0.3) is 0 Å². The minimum atomic E-state index is -3.67. The molecule has 98 valence electrons. The van der Waals surface area contributed by atoms with Gasteiger partial charge in [0.25, 0.3) is 10.0 Å². The summed E-state index contributed by atoms with van der Waals surface area (Å²) >= 11 is 0. The van der Waals surface area contributed by atoms with Gasteiger partial charge < -0.3 is 5.11 Å². The van der Waals surface area contributed by atoms with E-state index in [1.165, 1.54) is 12.3 Å². The molecule has 0 radical (unpaired) electrons. The highest BCUT2D eigenvalue weighted by Gasteiger charge is 2.15. The Morgan fingerprint density at radius 1 is 1.37 bits per heavy atom. The zero-order chi connectivity index (χ0) is 13.7. The van der Waals surface area contributed by atoms with Crippen molar-refractivity contribution in [2.24, 2.45) is 0 Å². The first-order valence-corrected chi connectivity index (χ1v) is 6.82. The molecule has 0 aliphatic heterocycles. The number of aliphatic hydroxyl groups excluding tert-OH is 1. The lowest BCUT2D eigenvalue weighted by molar-refractivity contribution is 0.350. The van der Waals surface area contributed by atoms with Crippen LogP contribution in [0.15, 0.2) is 41.6 Å². The topological polar surface area (TPSA) is 95.1 Å². The summed E-state index contributed by atoms with van der Waals surface area (Å²) in [7, 11) is -3.67. The molecule has 2 rings (SSSR count). The maximum atomic E-state index is 11.9. The zero-order valence-electron chi connectivity index (χ0n) is 9.79. The molecule has 0 fully saturated rings. The third-order valence-electron chi connectivity index (χ3n) is 2.19. The number of benzene rings is 1. The average molecular weight is 277 g/mol. The summed E-state index contributed by atoms with van der Waals surface area (Å²) in [5, 5.41) is 14.6. The van der Waals surface area contributed by atoms with Crippen LogP contribution in [0, 0.1) is 11.8 Å². The quantitative estimate of drug-likeness (QED) is 0.714. The van der Waals surface area contributed by atoms with E-state index in [0.717, 1.165) is 0 Å². The molecule has 0 amide bonds. The van der Waals surface area contributed by atoms with E-state index in [4.69, 9.17) is 5.11 Å². The molecule has 0 aliphatic carbocycles. The van der Waals surface area contributed by atoms with Crippen LogP contribution in [-0.2, 0) is 10.0 Å². The third kappa shape index (κ3) is 3.34. The fourth-order valence-corrected chi connectivity index (χ4v) is 2.37. The van der Waals surface area contributed by atoms with Gasteiger partial charge in [-0.25, -0.2) is 0 Å². The first kappa shape index (κ1) is 13.1. The summed E-state index contributed by atoms with van der Waals surface area (Å²) in [6.45, 7) is -0.246. The molecule has 1 aromatic carbocycles. The Balaban J connectivity index is 2.25. The van der Waals surface area contributed by atoms with Crippen molar-refractivity contribution in [2.45, 2.75) is 5.03 Å². The van der Waals surface area contributed by atoms with Gasteiger partial charge >= 0.3 is 0 Å². The Hall–Kier alpha value is -2.30. The summed E-state index contributed by atoms with van der Waals surface area (Å²) in [5.74, 6) is 5.19. The van der Waals surface area contributed by atoms with Crippen LogP contribution in [0.1, 0.15) is 5.56 Å². The molecular weight excluding hydrogens is 266 g/mol. The molecule has 1 heterocycles. The van der Waals surface area contributed by atoms with Crippen molar-refractivity contribution in [1.82, 2.24) is 10.2 Å². The predicted octanol–water partition coefficient (Wildman–Crippen LogP) is 0.554. The summed E-state index contributed by atoms with van der Waals surface area (Å²) < 4.78 is 26.3. The molecule has 0 aliphatic rings. The van der Waals surface area contributed by atoms with E-state index < -0.39 is 10.0 Å². The van der Waals surface area contributed by atoms with E-state index in [1.807, 2.05) is 0 Å². The van der Waals surface area contributed by atoms with Crippen LogP contribution >= 0.6 is 0 Å². The van der Waals surface area contributed by atoms with E-state index in [2.05, 4.69) is 26.8 Å². The van der Waals surface area contributed by atoms with E-state index in [-0.39, 0.29) is 11.6 Å². The number of hydrogen-bond acceptors (Lipinski definition) is 4. The smallest absolute Gasteiger partial charge is 0.278 e. The van der Waals surface area contributed by atoms with Gasteiger partial charge in [-0.3, -0.25) is 9.82 Å². The Morgan fingerprint density at radius 3 is 2.89 bits per heavy atom. The fraction of sp³-hybridized carbons (Fsp3) is 0.0833. The van der Waals surface area contributed by atoms with E-state index in [1.54, 1.807) is 24.3 Å². The first-order chi connectivity index (χ1) is 9.12. The molecule has 7 heteroatoms. The molecule has 0 bridgehead atoms. The van der Waals surface area contributed by atoms with Gasteiger partial charge in [-0.2, -0.15) is 13.5 Å². The molecule has 1 aromatic heterocycles. The van der Waals surface area contributed by atoms with Crippen molar-refractivity contribution in [2.75, 3.05) is 11.3 Å². The van der Waals surface area contributed by atoms with Crippen LogP contribution < -0.4 is 4.72 Å². The number of aromatic nitrogens is 2. The number of aliphatic hydroxyl groups is 1. The molecule has 0 atom stereocenters. The average Bonchev–Trinajstić information content (AvgIpc) is 2.91. The van der Waals surface area contributed by atoms with E-state index in [9.17, 15) is 8.42 Å². The second-order valence-corrected chi connectivity index (χ2v) is 5.22. The second-order valence-electron chi connectivity index (χ2n) is 3.57. The van der Waals surface area contributed by atoms with Gasteiger partial charge in [-0.15, -0.1) is 0 Å². The second kappa shape index (κ2) is 5.56. The van der Waals surface area contributed by atoms with Crippen molar-refractivity contribution in [1.29, 1.82) is 0 Å². The lowest BCUT2D eigenvalue weighted by Gasteiger charge is -2.06. The number of sulfonamides is 1. The SMILES string of the molecule is O=S(=O)(Nc1cccc(C#CCO)c1)c1ccn[nH]1. The van der Waals surface area contributed by atoms with Gasteiger partial charge in [0.15, 0.2) is 5.03 Å². The highest BCUT2D eigenvalue weighted by atomic mass is 32.2.